The standard InChI is InChI=1S/C12H13BrF3NO/c1-2-7(13)5-6-17-12(18)8-3-4-9(14)11(16)10(8)15/h3-4,7H,2,5-6H2,1H3,(H,17,18). The molecule has 1 aromatic rings. The van der Waals surface area contributed by atoms with Crippen LogP contribution >= 0.6 is 15.9 Å². The van der Waals surface area contributed by atoms with E-state index in [2.05, 4.69) is 21.2 Å². The van der Waals surface area contributed by atoms with Gasteiger partial charge in [0.25, 0.3) is 5.91 Å². The Morgan fingerprint density at radius 2 is 2.00 bits per heavy atom. The summed E-state index contributed by atoms with van der Waals surface area (Å²) in [6.45, 7) is 2.32. The maximum Gasteiger partial charge on any atom is 0.254 e. The predicted molar refractivity (Wildman–Crippen MR) is 66.3 cm³/mol. The molecule has 0 aliphatic heterocycles. The van der Waals surface area contributed by atoms with Gasteiger partial charge in [0.1, 0.15) is 0 Å². The molecule has 0 saturated carbocycles. The third-order valence-corrected chi connectivity index (χ3v) is 3.57. The monoisotopic (exact) mass is 323 g/mol. The number of carbonyl (C=O) groups is 1. The van der Waals surface area contributed by atoms with Crippen LogP contribution in [0.1, 0.15) is 30.1 Å². The first-order valence-corrected chi connectivity index (χ1v) is 6.44. The topological polar surface area (TPSA) is 29.1 Å². The predicted octanol–water partition coefficient (Wildman–Crippen LogP) is 3.40. The number of amides is 1. The van der Waals surface area contributed by atoms with Crippen molar-refractivity contribution in [1.29, 1.82) is 0 Å². The highest BCUT2D eigenvalue weighted by atomic mass is 79.9. The summed E-state index contributed by atoms with van der Waals surface area (Å²) in [5.74, 6) is -5.15. The zero-order valence-corrected chi connectivity index (χ0v) is 11.4. The minimum absolute atomic E-state index is 0.257. The maximum absolute atomic E-state index is 13.3. The lowest BCUT2D eigenvalue weighted by Gasteiger charge is -2.09. The van der Waals surface area contributed by atoms with Crippen LogP contribution in [0.3, 0.4) is 0 Å². The third kappa shape index (κ3) is 3.73. The zero-order valence-electron chi connectivity index (χ0n) is 9.77. The van der Waals surface area contributed by atoms with Gasteiger partial charge in [0, 0.05) is 11.4 Å². The molecule has 0 spiro atoms. The van der Waals surface area contributed by atoms with Gasteiger partial charge in [-0.3, -0.25) is 4.79 Å². The molecule has 0 saturated heterocycles. The third-order valence-electron chi connectivity index (χ3n) is 2.47. The van der Waals surface area contributed by atoms with E-state index < -0.39 is 28.9 Å². The van der Waals surface area contributed by atoms with Crippen molar-refractivity contribution in [2.75, 3.05) is 6.54 Å². The van der Waals surface area contributed by atoms with Crippen molar-refractivity contribution >= 4 is 21.8 Å². The van der Waals surface area contributed by atoms with Gasteiger partial charge in [-0.2, -0.15) is 0 Å². The number of hydrogen-bond donors (Lipinski definition) is 1. The van der Waals surface area contributed by atoms with Crippen LogP contribution in [0.15, 0.2) is 12.1 Å². The fourth-order valence-electron chi connectivity index (χ4n) is 1.34. The first kappa shape index (κ1) is 15.0. The smallest absolute Gasteiger partial charge is 0.254 e. The van der Waals surface area contributed by atoms with Gasteiger partial charge >= 0.3 is 0 Å². The molecule has 6 heteroatoms. The van der Waals surface area contributed by atoms with Gasteiger partial charge in [-0.25, -0.2) is 13.2 Å². The molecule has 0 aliphatic carbocycles. The summed E-state index contributed by atoms with van der Waals surface area (Å²) in [6, 6.07) is 1.65. The van der Waals surface area contributed by atoms with E-state index in [0.29, 0.717) is 13.0 Å². The molecule has 1 rings (SSSR count). The van der Waals surface area contributed by atoms with E-state index in [1.165, 1.54) is 0 Å². The highest BCUT2D eigenvalue weighted by molar-refractivity contribution is 9.09. The average Bonchev–Trinajstić information content (AvgIpc) is 2.35. The number of halogens is 4. The van der Waals surface area contributed by atoms with Crippen LogP contribution in [0, 0.1) is 17.5 Å². The van der Waals surface area contributed by atoms with E-state index in [-0.39, 0.29) is 4.83 Å². The van der Waals surface area contributed by atoms with E-state index in [1.807, 2.05) is 6.92 Å². The van der Waals surface area contributed by atoms with Crippen molar-refractivity contribution in [3.63, 3.8) is 0 Å². The van der Waals surface area contributed by atoms with E-state index in [4.69, 9.17) is 0 Å². The van der Waals surface area contributed by atoms with Gasteiger partial charge in [0.2, 0.25) is 0 Å². The Labute approximate surface area is 112 Å². The fraction of sp³-hybridized carbons (Fsp3) is 0.417. The normalized spacial score (nSPS) is 12.3. The van der Waals surface area contributed by atoms with Gasteiger partial charge in [-0.15, -0.1) is 0 Å². The van der Waals surface area contributed by atoms with Gasteiger partial charge in [-0.05, 0) is 25.0 Å². The Morgan fingerprint density at radius 3 is 2.61 bits per heavy atom. The summed E-state index contributed by atoms with van der Waals surface area (Å²) in [5, 5.41) is 2.45. The molecule has 1 aromatic carbocycles. The van der Waals surface area contributed by atoms with Crippen molar-refractivity contribution in [1.82, 2.24) is 5.32 Å². The molecule has 18 heavy (non-hydrogen) atoms. The second-order valence-corrected chi connectivity index (χ2v) is 5.07. The minimum Gasteiger partial charge on any atom is -0.352 e. The molecule has 0 bridgehead atoms. The summed E-state index contributed by atoms with van der Waals surface area (Å²) in [5.41, 5.74) is -0.489. The summed E-state index contributed by atoms with van der Waals surface area (Å²) >= 11 is 3.38. The maximum atomic E-state index is 13.3. The highest BCUT2D eigenvalue weighted by Gasteiger charge is 2.18. The molecule has 0 fully saturated rings. The molecular weight excluding hydrogens is 311 g/mol. The van der Waals surface area contributed by atoms with Crippen LogP contribution in [0.4, 0.5) is 13.2 Å². The van der Waals surface area contributed by atoms with E-state index in [0.717, 1.165) is 18.6 Å². The first-order chi connectivity index (χ1) is 8.47. The number of carbonyl (C=O) groups excluding carboxylic acids is 1. The van der Waals surface area contributed by atoms with Crippen molar-refractivity contribution in [2.45, 2.75) is 24.6 Å². The number of hydrogen-bond acceptors (Lipinski definition) is 1. The van der Waals surface area contributed by atoms with Crippen LogP contribution < -0.4 is 5.32 Å². The van der Waals surface area contributed by atoms with Crippen molar-refractivity contribution in [3.8, 4) is 0 Å². The molecule has 1 amide bonds. The highest BCUT2D eigenvalue weighted by Crippen LogP contribution is 2.15. The van der Waals surface area contributed by atoms with E-state index >= 15 is 0 Å². The lowest BCUT2D eigenvalue weighted by molar-refractivity contribution is 0.0948. The van der Waals surface area contributed by atoms with Gasteiger partial charge in [-0.1, -0.05) is 22.9 Å². The largest absolute Gasteiger partial charge is 0.352 e. The zero-order chi connectivity index (χ0) is 13.7. The number of benzene rings is 1. The molecule has 1 N–H and O–H groups in total. The van der Waals surface area contributed by atoms with E-state index in [9.17, 15) is 18.0 Å². The Bertz CT molecular complexity index is 440. The summed E-state index contributed by atoms with van der Waals surface area (Å²) < 4.78 is 38.9. The van der Waals surface area contributed by atoms with Gasteiger partial charge in [0.15, 0.2) is 17.5 Å². The van der Waals surface area contributed by atoms with Crippen LogP contribution in [0.25, 0.3) is 0 Å². The Morgan fingerprint density at radius 1 is 1.33 bits per heavy atom. The molecule has 100 valence electrons. The molecule has 1 atom stereocenters. The molecule has 1 unspecified atom stereocenters. The minimum atomic E-state index is -1.63. The first-order valence-electron chi connectivity index (χ1n) is 5.53. The number of nitrogens with one attached hydrogen (secondary N) is 1. The second kappa shape index (κ2) is 6.78. The molecule has 0 heterocycles. The number of alkyl halides is 1. The SMILES string of the molecule is CCC(Br)CCNC(=O)c1ccc(F)c(F)c1F. The molecule has 2 nitrogen and oxygen atoms in total. The van der Waals surface area contributed by atoms with Gasteiger partial charge < -0.3 is 5.32 Å². The molecule has 0 aromatic heterocycles. The second-order valence-electron chi connectivity index (χ2n) is 3.77. The number of rotatable bonds is 5. The van der Waals surface area contributed by atoms with Crippen LogP contribution in [0.2, 0.25) is 0 Å². The lowest BCUT2D eigenvalue weighted by Crippen LogP contribution is -2.27. The fourth-order valence-corrected chi connectivity index (χ4v) is 1.57. The Hall–Kier alpha value is -1.04. The lowest BCUT2D eigenvalue weighted by atomic mass is 10.1. The Kier molecular flexibility index (Phi) is 5.65. The van der Waals surface area contributed by atoms with Crippen molar-refractivity contribution in [2.24, 2.45) is 0 Å². The molecule has 0 radical (unpaired) electrons. The molecular formula is C12H13BrF3NO. The molecule has 0 aliphatic rings. The average molecular weight is 324 g/mol. The van der Waals surface area contributed by atoms with Crippen molar-refractivity contribution < 1.29 is 18.0 Å². The van der Waals surface area contributed by atoms with Gasteiger partial charge in [0.05, 0.1) is 5.56 Å². The summed E-state index contributed by atoms with van der Waals surface area (Å²) in [7, 11) is 0. The summed E-state index contributed by atoms with van der Waals surface area (Å²) in [4.78, 5) is 11.8. The van der Waals surface area contributed by atoms with Crippen LogP contribution in [-0.4, -0.2) is 17.3 Å². The van der Waals surface area contributed by atoms with Crippen molar-refractivity contribution in [3.05, 3.63) is 35.1 Å². The van der Waals surface area contributed by atoms with Crippen LogP contribution in [0.5, 0.6) is 0 Å². The van der Waals surface area contributed by atoms with E-state index in [1.54, 1.807) is 0 Å². The van der Waals surface area contributed by atoms with Crippen LogP contribution in [-0.2, 0) is 0 Å². The Balaban J connectivity index is 2.65. The quantitative estimate of drug-likeness (QED) is 0.653. The summed E-state index contributed by atoms with van der Waals surface area (Å²) in [6.07, 6.45) is 1.57.